The number of carbonyl (C=O) groups is 1. The largest absolute Gasteiger partial charge is 0.459 e. The van der Waals surface area contributed by atoms with Gasteiger partial charge in [-0.05, 0) is 62.7 Å². The molecule has 0 saturated carbocycles. The average Bonchev–Trinajstić information content (AvgIpc) is 2.54. The minimum atomic E-state index is -3.76. The number of hydrogen-bond acceptors (Lipinski definition) is 5. The molecule has 1 atom stereocenters. The number of carbonyl (C=O) groups excluding carboxylic acids is 1. The zero-order chi connectivity index (χ0) is 18.6. The maximum atomic E-state index is 12.4. The Kier molecular flexibility index (Phi) is 5.81. The summed E-state index contributed by atoms with van der Waals surface area (Å²) in [5.74, 6) is -0.460. The molecule has 25 heavy (non-hydrogen) atoms. The van der Waals surface area contributed by atoms with E-state index in [9.17, 15) is 18.3 Å². The van der Waals surface area contributed by atoms with Crippen molar-refractivity contribution < 1.29 is 23.1 Å². The minimum absolute atomic E-state index is 0.0835. The molecule has 7 heteroatoms. The van der Waals surface area contributed by atoms with Gasteiger partial charge in [-0.2, -0.15) is 0 Å². The van der Waals surface area contributed by atoms with Crippen LogP contribution >= 0.6 is 0 Å². The maximum Gasteiger partial charge on any atom is 0.338 e. The number of hydrogen-bond donors (Lipinski definition) is 2. The first-order valence-electron chi connectivity index (χ1n) is 7.81. The highest BCUT2D eigenvalue weighted by molar-refractivity contribution is 7.92. The van der Waals surface area contributed by atoms with E-state index in [1.54, 1.807) is 32.9 Å². The lowest BCUT2D eigenvalue weighted by atomic mass is 10.1. The van der Waals surface area contributed by atoms with Crippen molar-refractivity contribution in [2.45, 2.75) is 37.9 Å². The van der Waals surface area contributed by atoms with E-state index in [4.69, 9.17) is 4.74 Å². The highest BCUT2D eigenvalue weighted by Gasteiger charge is 2.15. The van der Waals surface area contributed by atoms with E-state index in [-0.39, 0.29) is 11.0 Å². The fourth-order valence-electron chi connectivity index (χ4n) is 2.10. The third-order valence-electron chi connectivity index (χ3n) is 3.39. The highest BCUT2D eigenvalue weighted by atomic mass is 32.2. The molecule has 2 aromatic rings. The zero-order valence-corrected chi connectivity index (χ0v) is 15.1. The van der Waals surface area contributed by atoms with Crippen LogP contribution in [0.25, 0.3) is 0 Å². The summed E-state index contributed by atoms with van der Waals surface area (Å²) >= 11 is 0. The fourth-order valence-corrected chi connectivity index (χ4v) is 3.15. The van der Waals surface area contributed by atoms with Crippen molar-refractivity contribution in [1.29, 1.82) is 0 Å². The Morgan fingerprint density at radius 1 is 1.00 bits per heavy atom. The molecule has 0 amide bonds. The van der Waals surface area contributed by atoms with Gasteiger partial charge in [0.25, 0.3) is 10.0 Å². The van der Waals surface area contributed by atoms with Crippen LogP contribution in [0.15, 0.2) is 53.4 Å². The van der Waals surface area contributed by atoms with Gasteiger partial charge in [-0.25, -0.2) is 13.2 Å². The number of benzene rings is 2. The number of esters is 1. The van der Waals surface area contributed by atoms with Gasteiger partial charge >= 0.3 is 5.97 Å². The molecule has 0 aromatic heterocycles. The van der Waals surface area contributed by atoms with E-state index >= 15 is 0 Å². The van der Waals surface area contributed by atoms with E-state index in [2.05, 4.69) is 4.72 Å². The molecule has 0 spiro atoms. The van der Waals surface area contributed by atoms with E-state index in [0.29, 0.717) is 16.8 Å². The molecule has 134 valence electrons. The van der Waals surface area contributed by atoms with Gasteiger partial charge in [0.2, 0.25) is 0 Å². The van der Waals surface area contributed by atoms with Gasteiger partial charge in [0.15, 0.2) is 0 Å². The Balaban J connectivity index is 2.13. The normalized spacial score (nSPS) is 12.7. The molecule has 2 N–H and O–H groups in total. The van der Waals surface area contributed by atoms with Crippen molar-refractivity contribution >= 4 is 21.7 Å². The summed E-state index contributed by atoms with van der Waals surface area (Å²) in [5, 5.41) is 9.48. The molecule has 0 aliphatic heterocycles. The number of rotatable bonds is 6. The van der Waals surface area contributed by atoms with Gasteiger partial charge in [0.1, 0.15) is 0 Å². The van der Waals surface area contributed by atoms with E-state index in [1.807, 2.05) is 0 Å². The third-order valence-corrected chi connectivity index (χ3v) is 4.79. The van der Waals surface area contributed by atoms with Crippen LogP contribution in [0.1, 0.15) is 42.8 Å². The Hall–Kier alpha value is -2.38. The average molecular weight is 363 g/mol. The summed E-state index contributed by atoms with van der Waals surface area (Å²) in [6.07, 6.45) is -0.891. The van der Waals surface area contributed by atoms with Crippen molar-refractivity contribution in [1.82, 2.24) is 0 Å². The topological polar surface area (TPSA) is 92.7 Å². The second-order valence-corrected chi connectivity index (χ2v) is 7.56. The summed E-state index contributed by atoms with van der Waals surface area (Å²) in [4.78, 5) is 11.9. The number of ether oxygens (including phenoxy) is 1. The summed E-state index contributed by atoms with van der Waals surface area (Å²) in [7, 11) is -3.76. The Morgan fingerprint density at radius 2 is 1.56 bits per heavy atom. The second-order valence-electron chi connectivity index (χ2n) is 5.88. The lowest BCUT2D eigenvalue weighted by Gasteiger charge is -2.11. The standard InChI is InChI=1S/C18H21NO5S/c1-12(2)24-18(21)15-4-8-16(9-5-15)19-25(22,23)17-10-6-14(7-11-17)13(3)20/h4-13,19-20H,1-3H3. The Labute approximate surface area is 147 Å². The molecule has 2 rings (SSSR count). The smallest absolute Gasteiger partial charge is 0.338 e. The van der Waals surface area contributed by atoms with Crippen LogP contribution in [0.5, 0.6) is 0 Å². The van der Waals surface area contributed by atoms with Crippen molar-refractivity contribution in [2.24, 2.45) is 0 Å². The molecular formula is C18H21NO5S. The molecular weight excluding hydrogens is 342 g/mol. The number of nitrogens with one attached hydrogen (secondary N) is 1. The first-order chi connectivity index (χ1) is 11.7. The zero-order valence-electron chi connectivity index (χ0n) is 14.3. The van der Waals surface area contributed by atoms with Crippen LogP contribution in [0.2, 0.25) is 0 Å². The number of aliphatic hydroxyl groups is 1. The Morgan fingerprint density at radius 3 is 2.04 bits per heavy atom. The van der Waals surface area contributed by atoms with Crippen LogP contribution in [0, 0.1) is 0 Å². The lowest BCUT2D eigenvalue weighted by Crippen LogP contribution is -2.14. The van der Waals surface area contributed by atoms with Crippen molar-refractivity contribution in [3.63, 3.8) is 0 Å². The predicted octanol–water partition coefficient (Wildman–Crippen LogP) is 3.11. The Bertz CT molecular complexity index is 825. The molecule has 0 aliphatic rings. The van der Waals surface area contributed by atoms with Crippen LogP contribution in [0.4, 0.5) is 5.69 Å². The predicted molar refractivity (Wildman–Crippen MR) is 94.9 cm³/mol. The van der Waals surface area contributed by atoms with Gasteiger partial charge in [-0.1, -0.05) is 12.1 Å². The first kappa shape index (κ1) is 19.0. The number of aliphatic hydroxyl groups excluding tert-OH is 1. The summed E-state index contributed by atoms with van der Waals surface area (Å²) in [6, 6.07) is 12.0. The molecule has 0 radical (unpaired) electrons. The number of sulfonamides is 1. The van der Waals surface area contributed by atoms with Crippen molar-refractivity contribution in [3.8, 4) is 0 Å². The fraction of sp³-hybridized carbons (Fsp3) is 0.278. The van der Waals surface area contributed by atoms with Gasteiger partial charge in [-0.15, -0.1) is 0 Å². The van der Waals surface area contributed by atoms with Gasteiger partial charge in [0.05, 0.1) is 22.7 Å². The summed E-state index contributed by atoms with van der Waals surface area (Å²) in [6.45, 7) is 5.11. The van der Waals surface area contributed by atoms with Crippen molar-refractivity contribution in [3.05, 3.63) is 59.7 Å². The quantitative estimate of drug-likeness (QED) is 0.769. The minimum Gasteiger partial charge on any atom is -0.459 e. The molecule has 6 nitrogen and oxygen atoms in total. The molecule has 1 unspecified atom stereocenters. The molecule has 0 heterocycles. The molecule has 0 aliphatic carbocycles. The lowest BCUT2D eigenvalue weighted by molar-refractivity contribution is 0.0378. The second kappa shape index (κ2) is 7.67. The maximum absolute atomic E-state index is 12.4. The SMILES string of the molecule is CC(C)OC(=O)c1ccc(NS(=O)(=O)c2ccc(C(C)O)cc2)cc1. The van der Waals surface area contributed by atoms with E-state index < -0.39 is 22.1 Å². The number of anilines is 1. The molecule has 0 fully saturated rings. The van der Waals surface area contributed by atoms with Crippen LogP contribution < -0.4 is 4.72 Å². The van der Waals surface area contributed by atoms with Crippen LogP contribution in [-0.2, 0) is 14.8 Å². The third kappa shape index (κ3) is 5.04. The monoisotopic (exact) mass is 363 g/mol. The van der Waals surface area contributed by atoms with Crippen molar-refractivity contribution in [2.75, 3.05) is 4.72 Å². The summed E-state index contributed by atoms with van der Waals surface area (Å²) < 4.78 is 32.3. The van der Waals surface area contributed by atoms with Gasteiger partial charge < -0.3 is 9.84 Å². The molecule has 2 aromatic carbocycles. The van der Waals surface area contributed by atoms with Crippen LogP contribution in [0.3, 0.4) is 0 Å². The van der Waals surface area contributed by atoms with Gasteiger partial charge in [0, 0.05) is 5.69 Å². The van der Waals surface area contributed by atoms with E-state index in [1.165, 1.54) is 36.4 Å². The van der Waals surface area contributed by atoms with Crippen LogP contribution in [-0.4, -0.2) is 25.6 Å². The highest BCUT2D eigenvalue weighted by Crippen LogP contribution is 2.19. The molecule has 0 bridgehead atoms. The molecule has 0 saturated heterocycles. The first-order valence-corrected chi connectivity index (χ1v) is 9.29. The summed E-state index contributed by atoms with van der Waals surface area (Å²) in [5.41, 5.74) is 1.31. The van der Waals surface area contributed by atoms with E-state index in [0.717, 1.165) is 0 Å². The van der Waals surface area contributed by atoms with Gasteiger partial charge in [-0.3, -0.25) is 4.72 Å².